The quantitative estimate of drug-likeness (QED) is 0.674. The van der Waals surface area contributed by atoms with E-state index in [1.165, 1.54) is 11.9 Å². The van der Waals surface area contributed by atoms with Crippen molar-refractivity contribution in [2.75, 3.05) is 5.32 Å². The lowest BCUT2D eigenvalue weighted by Gasteiger charge is -2.05. The first-order valence-electron chi connectivity index (χ1n) is 6.14. The Bertz CT molecular complexity index is 608. The molecule has 1 heterocycles. The molecule has 6 heteroatoms. The third-order valence-corrected chi connectivity index (χ3v) is 3.43. The van der Waals surface area contributed by atoms with E-state index in [2.05, 4.69) is 22.4 Å². The van der Waals surface area contributed by atoms with Crippen molar-refractivity contribution in [3.8, 4) is 0 Å². The normalized spacial score (nSPS) is 21.1. The largest absolute Gasteiger partial charge is 0.406 e. The number of benzene rings is 1. The molecule has 2 aromatic rings. The van der Waals surface area contributed by atoms with Crippen molar-refractivity contribution in [1.82, 2.24) is 9.55 Å². The second-order valence-electron chi connectivity index (χ2n) is 4.79. The minimum atomic E-state index is -0.456. The van der Waals surface area contributed by atoms with Crippen molar-refractivity contribution in [2.24, 2.45) is 7.05 Å². The van der Waals surface area contributed by atoms with Crippen molar-refractivity contribution >= 4 is 11.6 Å². The molecule has 98 valence electrons. The smallest absolute Gasteiger partial charge is 0.361 e. The fraction of sp³-hybridized carbons (Fsp3) is 0.308. The third kappa shape index (κ3) is 2.16. The zero-order valence-corrected chi connectivity index (χ0v) is 10.5. The molecule has 1 aliphatic carbocycles. The lowest BCUT2D eigenvalue weighted by Crippen LogP contribution is -2.09. The Morgan fingerprint density at radius 1 is 1.42 bits per heavy atom. The maximum atomic E-state index is 10.9. The topological polar surface area (TPSA) is 73.0 Å². The minimum absolute atomic E-state index is 0.110. The van der Waals surface area contributed by atoms with Crippen molar-refractivity contribution < 1.29 is 4.92 Å². The number of aryl methyl sites for hydroxylation is 1. The summed E-state index contributed by atoms with van der Waals surface area (Å²) in [6.45, 7) is 0. The number of nitrogens with one attached hydrogen (secondary N) is 1. The van der Waals surface area contributed by atoms with Gasteiger partial charge < -0.3 is 15.4 Å². The van der Waals surface area contributed by atoms with Crippen LogP contribution >= 0.6 is 0 Å². The average Bonchev–Trinajstić information content (AvgIpc) is 3.08. The molecular weight excluding hydrogens is 244 g/mol. The summed E-state index contributed by atoms with van der Waals surface area (Å²) in [5.41, 5.74) is 1.27. The number of hydrogen-bond donors (Lipinski definition) is 1. The molecule has 6 nitrogen and oxygen atoms in total. The van der Waals surface area contributed by atoms with E-state index >= 15 is 0 Å². The number of rotatable bonds is 4. The highest BCUT2D eigenvalue weighted by Gasteiger charge is 2.40. The van der Waals surface area contributed by atoms with Gasteiger partial charge in [-0.3, -0.25) is 4.57 Å². The molecule has 2 atom stereocenters. The first-order valence-corrected chi connectivity index (χ1v) is 6.14. The van der Waals surface area contributed by atoms with Gasteiger partial charge in [0.1, 0.15) is 0 Å². The highest BCUT2D eigenvalue weighted by atomic mass is 16.6. The zero-order chi connectivity index (χ0) is 13.4. The molecule has 19 heavy (non-hydrogen) atoms. The number of nitro groups is 1. The van der Waals surface area contributed by atoms with E-state index in [1.807, 2.05) is 18.2 Å². The Labute approximate surface area is 110 Å². The molecule has 0 spiro atoms. The molecule has 1 aliphatic rings. The van der Waals surface area contributed by atoms with E-state index in [0.29, 0.717) is 11.7 Å². The predicted octanol–water partition coefficient (Wildman–Crippen LogP) is 2.30. The summed E-state index contributed by atoms with van der Waals surface area (Å²) >= 11 is 0. The molecule has 3 rings (SSSR count). The molecule has 0 aliphatic heterocycles. The van der Waals surface area contributed by atoms with Gasteiger partial charge in [-0.1, -0.05) is 30.3 Å². The standard InChI is InChI=1S/C13H14N4O2/c1-16-8-14-12(17(18)19)13(16)15-11-7-10(11)9-5-3-2-4-6-9/h2-6,8,10-11,15H,7H2,1H3. The molecule has 0 saturated heterocycles. The molecule has 1 fully saturated rings. The zero-order valence-electron chi connectivity index (χ0n) is 10.5. The van der Waals surface area contributed by atoms with E-state index in [0.717, 1.165) is 6.42 Å². The minimum Gasteiger partial charge on any atom is -0.361 e. The fourth-order valence-electron chi connectivity index (χ4n) is 2.32. The average molecular weight is 258 g/mol. The number of imidazole rings is 1. The monoisotopic (exact) mass is 258 g/mol. The van der Waals surface area contributed by atoms with Gasteiger partial charge in [0.05, 0.1) is 0 Å². The van der Waals surface area contributed by atoms with Crippen LogP contribution in [0.4, 0.5) is 11.6 Å². The van der Waals surface area contributed by atoms with Crippen LogP contribution in [0.15, 0.2) is 36.7 Å². The molecule has 1 saturated carbocycles. The van der Waals surface area contributed by atoms with Crippen LogP contribution in [0.3, 0.4) is 0 Å². The van der Waals surface area contributed by atoms with Crippen LogP contribution < -0.4 is 5.32 Å². The Morgan fingerprint density at radius 3 is 2.84 bits per heavy atom. The van der Waals surface area contributed by atoms with Gasteiger partial charge in [0, 0.05) is 19.0 Å². The van der Waals surface area contributed by atoms with Gasteiger partial charge >= 0.3 is 5.82 Å². The molecule has 1 aromatic carbocycles. The van der Waals surface area contributed by atoms with Gasteiger partial charge in [0.25, 0.3) is 0 Å². The number of aromatic nitrogens is 2. The maximum Gasteiger partial charge on any atom is 0.406 e. The number of hydrogen-bond acceptors (Lipinski definition) is 4. The first kappa shape index (κ1) is 11.7. The summed E-state index contributed by atoms with van der Waals surface area (Å²) in [7, 11) is 1.75. The van der Waals surface area contributed by atoms with Crippen molar-refractivity contribution in [3.63, 3.8) is 0 Å². The SMILES string of the molecule is Cn1cnc([N+](=O)[O-])c1NC1CC1c1ccccc1. The molecule has 1 N–H and O–H groups in total. The van der Waals surface area contributed by atoms with Crippen molar-refractivity contribution in [2.45, 2.75) is 18.4 Å². The van der Waals surface area contributed by atoms with Gasteiger partial charge in [0.15, 0.2) is 0 Å². The molecular formula is C13H14N4O2. The van der Waals surface area contributed by atoms with Crippen LogP contribution in [0.25, 0.3) is 0 Å². The maximum absolute atomic E-state index is 10.9. The fourth-order valence-corrected chi connectivity index (χ4v) is 2.32. The van der Waals surface area contributed by atoms with Gasteiger partial charge in [-0.2, -0.15) is 0 Å². The Hall–Kier alpha value is -2.37. The molecule has 0 bridgehead atoms. The predicted molar refractivity (Wildman–Crippen MR) is 71.1 cm³/mol. The highest BCUT2D eigenvalue weighted by molar-refractivity contribution is 5.54. The van der Waals surface area contributed by atoms with E-state index in [4.69, 9.17) is 0 Å². The lowest BCUT2D eigenvalue weighted by molar-refractivity contribution is -0.388. The first-order chi connectivity index (χ1) is 9.16. The van der Waals surface area contributed by atoms with Gasteiger partial charge in [-0.15, -0.1) is 0 Å². The molecule has 0 amide bonds. The van der Waals surface area contributed by atoms with Crippen LogP contribution in [0.1, 0.15) is 17.9 Å². The Kier molecular flexibility index (Phi) is 2.70. The summed E-state index contributed by atoms with van der Waals surface area (Å²) in [6, 6.07) is 10.4. The van der Waals surface area contributed by atoms with Crippen LogP contribution in [-0.4, -0.2) is 20.5 Å². The Balaban J connectivity index is 1.75. The van der Waals surface area contributed by atoms with Crippen molar-refractivity contribution in [1.29, 1.82) is 0 Å². The molecule has 0 radical (unpaired) electrons. The molecule has 1 aromatic heterocycles. The van der Waals surface area contributed by atoms with E-state index in [9.17, 15) is 10.1 Å². The second kappa shape index (κ2) is 4.38. The van der Waals surface area contributed by atoms with Crippen LogP contribution in [-0.2, 0) is 7.05 Å². The second-order valence-corrected chi connectivity index (χ2v) is 4.79. The molecule has 2 unspecified atom stereocenters. The summed E-state index contributed by atoms with van der Waals surface area (Å²) < 4.78 is 1.65. The number of nitrogens with zero attached hydrogens (tertiary/aromatic N) is 3. The van der Waals surface area contributed by atoms with Gasteiger partial charge in [-0.25, -0.2) is 0 Å². The summed E-state index contributed by atoms with van der Waals surface area (Å²) in [4.78, 5) is 14.2. The van der Waals surface area contributed by atoms with Crippen LogP contribution in [0.5, 0.6) is 0 Å². The van der Waals surface area contributed by atoms with Crippen LogP contribution in [0, 0.1) is 10.1 Å². The van der Waals surface area contributed by atoms with E-state index in [1.54, 1.807) is 11.6 Å². The van der Waals surface area contributed by atoms with E-state index < -0.39 is 4.92 Å². The lowest BCUT2D eigenvalue weighted by atomic mass is 10.1. The van der Waals surface area contributed by atoms with Gasteiger partial charge in [0.2, 0.25) is 12.1 Å². The highest BCUT2D eigenvalue weighted by Crippen LogP contribution is 2.43. The summed E-state index contributed by atoms with van der Waals surface area (Å²) in [5, 5.41) is 14.1. The Morgan fingerprint density at radius 2 is 2.16 bits per heavy atom. The third-order valence-electron chi connectivity index (χ3n) is 3.43. The summed E-state index contributed by atoms with van der Waals surface area (Å²) in [5.74, 6) is 0.797. The number of anilines is 1. The summed E-state index contributed by atoms with van der Waals surface area (Å²) in [6.07, 6.45) is 2.45. The van der Waals surface area contributed by atoms with Crippen LogP contribution in [0.2, 0.25) is 0 Å². The van der Waals surface area contributed by atoms with Gasteiger partial charge in [-0.05, 0) is 21.9 Å². The van der Waals surface area contributed by atoms with E-state index in [-0.39, 0.29) is 11.9 Å². The van der Waals surface area contributed by atoms with Crippen molar-refractivity contribution in [3.05, 3.63) is 52.3 Å².